The molecule has 3 unspecified atom stereocenters. The molecule has 7 heteroatoms. The lowest BCUT2D eigenvalue weighted by molar-refractivity contribution is -0.135. The predicted octanol–water partition coefficient (Wildman–Crippen LogP) is 5.63. The Kier molecular flexibility index (Phi) is 8.93. The van der Waals surface area contributed by atoms with Gasteiger partial charge in [0.2, 0.25) is 5.91 Å². The number of rotatable bonds is 8. The van der Waals surface area contributed by atoms with Crippen LogP contribution in [0.2, 0.25) is 10.0 Å². The molecule has 0 spiro atoms. The highest BCUT2D eigenvalue weighted by Gasteiger charge is 2.31. The lowest BCUT2D eigenvalue weighted by Crippen LogP contribution is -2.56. The Balaban J connectivity index is 1.26. The SMILES string of the molecule is C=C(NC(Cc1ccc(Cl)cc1)C(=O)N1CCN(C(C)c2cccc(Cl)c2)CC1)C1Cc2ccccc2CN1. The number of nitrogens with one attached hydrogen (secondary N) is 2. The number of nitrogens with zero attached hydrogens (tertiary/aromatic N) is 2. The van der Waals surface area contributed by atoms with E-state index in [-0.39, 0.29) is 18.0 Å². The normalized spacial score (nSPS) is 19.2. The highest BCUT2D eigenvalue weighted by molar-refractivity contribution is 6.30. The molecule has 0 radical (unpaired) electrons. The number of piperazine rings is 1. The van der Waals surface area contributed by atoms with E-state index < -0.39 is 6.04 Å². The zero-order valence-electron chi connectivity index (χ0n) is 22.4. The topological polar surface area (TPSA) is 47.6 Å². The van der Waals surface area contributed by atoms with Gasteiger partial charge < -0.3 is 15.5 Å². The summed E-state index contributed by atoms with van der Waals surface area (Å²) in [7, 11) is 0. The quantitative estimate of drug-likeness (QED) is 0.373. The van der Waals surface area contributed by atoms with Crippen molar-refractivity contribution in [1.82, 2.24) is 20.4 Å². The highest BCUT2D eigenvalue weighted by Crippen LogP contribution is 2.25. The Labute approximate surface area is 241 Å². The lowest BCUT2D eigenvalue weighted by atomic mass is 9.94. The van der Waals surface area contributed by atoms with E-state index in [0.29, 0.717) is 24.5 Å². The van der Waals surface area contributed by atoms with Crippen LogP contribution >= 0.6 is 23.2 Å². The zero-order valence-corrected chi connectivity index (χ0v) is 23.9. The van der Waals surface area contributed by atoms with Gasteiger partial charge >= 0.3 is 0 Å². The first-order valence-electron chi connectivity index (χ1n) is 13.7. The smallest absolute Gasteiger partial charge is 0.245 e. The molecule has 3 atom stereocenters. The minimum absolute atomic E-state index is 0.0656. The number of carbonyl (C=O) groups excluding carboxylic acids is 1. The number of hydrogen-bond donors (Lipinski definition) is 2. The molecular formula is C32H36Cl2N4O. The highest BCUT2D eigenvalue weighted by atomic mass is 35.5. The van der Waals surface area contributed by atoms with Gasteiger partial charge in [-0.2, -0.15) is 0 Å². The number of halogens is 2. The van der Waals surface area contributed by atoms with Crippen molar-refractivity contribution in [2.75, 3.05) is 26.2 Å². The minimum Gasteiger partial charge on any atom is -0.376 e. The van der Waals surface area contributed by atoms with Crippen molar-refractivity contribution in [1.29, 1.82) is 0 Å². The maximum absolute atomic E-state index is 13.9. The van der Waals surface area contributed by atoms with Crippen LogP contribution in [0.5, 0.6) is 0 Å². The van der Waals surface area contributed by atoms with Crippen molar-refractivity contribution in [2.24, 2.45) is 0 Å². The molecule has 5 nitrogen and oxygen atoms in total. The van der Waals surface area contributed by atoms with E-state index in [4.69, 9.17) is 23.2 Å². The molecule has 2 heterocycles. The number of carbonyl (C=O) groups is 1. The molecule has 3 aromatic rings. The first kappa shape index (κ1) is 27.7. The van der Waals surface area contributed by atoms with Crippen molar-refractivity contribution in [3.8, 4) is 0 Å². The van der Waals surface area contributed by atoms with Crippen molar-refractivity contribution < 1.29 is 4.79 Å². The van der Waals surface area contributed by atoms with Crippen molar-refractivity contribution in [3.05, 3.63) is 117 Å². The molecule has 0 aliphatic carbocycles. The fourth-order valence-electron chi connectivity index (χ4n) is 5.61. The molecule has 0 aromatic heterocycles. The summed E-state index contributed by atoms with van der Waals surface area (Å²) < 4.78 is 0. The Bertz CT molecular complexity index is 1300. The van der Waals surface area contributed by atoms with Crippen molar-refractivity contribution in [2.45, 2.75) is 44.4 Å². The van der Waals surface area contributed by atoms with Gasteiger partial charge in [0, 0.05) is 60.9 Å². The molecule has 1 saturated heterocycles. The van der Waals surface area contributed by atoms with E-state index >= 15 is 0 Å². The average molecular weight is 564 g/mol. The van der Waals surface area contributed by atoms with Gasteiger partial charge in [-0.3, -0.25) is 9.69 Å². The minimum atomic E-state index is -0.408. The number of benzene rings is 3. The summed E-state index contributed by atoms with van der Waals surface area (Å²) in [5, 5.41) is 8.56. The van der Waals surface area contributed by atoms with Gasteiger partial charge in [0.25, 0.3) is 0 Å². The Morgan fingerprint density at radius 1 is 0.974 bits per heavy atom. The molecule has 2 N–H and O–H groups in total. The third kappa shape index (κ3) is 6.85. The Morgan fingerprint density at radius 3 is 2.41 bits per heavy atom. The summed E-state index contributed by atoms with van der Waals surface area (Å²) >= 11 is 12.4. The van der Waals surface area contributed by atoms with Gasteiger partial charge in [-0.1, -0.05) is 78.3 Å². The second-order valence-electron chi connectivity index (χ2n) is 10.6. The van der Waals surface area contributed by atoms with E-state index in [0.717, 1.165) is 42.3 Å². The standard InChI is InChI=1S/C32H36Cl2N4O/c1-22(30-20-26-6-3-4-7-27(26)21-35-30)36-31(18-24-10-12-28(33)13-11-24)32(39)38-16-14-37(15-17-38)23(2)25-8-5-9-29(34)19-25/h3-13,19,23,30-31,35-36H,1,14-18,20-21H2,2H3. The van der Waals surface area contributed by atoms with Gasteiger partial charge in [-0.25, -0.2) is 0 Å². The molecule has 5 rings (SSSR count). The molecule has 0 saturated carbocycles. The van der Waals surface area contributed by atoms with Crippen LogP contribution in [-0.4, -0.2) is 54.0 Å². The summed E-state index contributed by atoms with van der Waals surface area (Å²) in [6, 6.07) is 24.2. The van der Waals surface area contributed by atoms with Gasteiger partial charge in [0.15, 0.2) is 0 Å². The third-order valence-corrected chi connectivity index (χ3v) is 8.50. The van der Waals surface area contributed by atoms with Crippen LogP contribution in [0.25, 0.3) is 0 Å². The van der Waals surface area contributed by atoms with Crippen LogP contribution in [0.3, 0.4) is 0 Å². The summed E-state index contributed by atoms with van der Waals surface area (Å²) in [5.41, 5.74) is 5.76. The van der Waals surface area contributed by atoms with Crippen LogP contribution in [0.4, 0.5) is 0 Å². The molecule has 1 fully saturated rings. The Hall–Kier alpha value is -2.83. The van der Waals surface area contributed by atoms with Crippen LogP contribution in [-0.2, 0) is 24.2 Å². The van der Waals surface area contributed by atoms with Crippen molar-refractivity contribution >= 4 is 29.1 Å². The average Bonchev–Trinajstić information content (AvgIpc) is 2.97. The fourth-order valence-corrected chi connectivity index (χ4v) is 5.93. The molecule has 0 bridgehead atoms. The van der Waals surface area contributed by atoms with Crippen LogP contribution in [0.15, 0.2) is 85.1 Å². The maximum atomic E-state index is 13.9. The third-order valence-electron chi connectivity index (χ3n) is 8.02. The number of amides is 1. The van der Waals surface area contributed by atoms with E-state index in [1.807, 2.05) is 47.4 Å². The monoisotopic (exact) mass is 562 g/mol. The van der Waals surface area contributed by atoms with E-state index in [9.17, 15) is 4.79 Å². The molecule has 39 heavy (non-hydrogen) atoms. The van der Waals surface area contributed by atoms with E-state index in [2.05, 4.69) is 59.4 Å². The summed E-state index contributed by atoms with van der Waals surface area (Å²) in [6.45, 7) is 10.4. The van der Waals surface area contributed by atoms with Crippen LogP contribution in [0.1, 0.15) is 35.2 Å². The fraction of sp³-hybridized carbons (Fsp3) is 0.344. The maximum Gasteiger partial charge on any atom is 0.245 e. The molecular weight excluding hydrogens is 527 g/mol. The molecule has 3 aromatic carbocycles. The molecule has 2 aliphatic rings. The van der Waals surface area contributed by atoms with Gasteiger partial charge in [-0.05, 0) is 59.9 Å². The second-order valence-corrected chi connectivity index (χ2v) is 11.4. The summed E-state index contributed by atoms with van der Waals surface area (Å²) in [4.78, 5) is 18.3. The van der Waals surface area contributed by atoms with E-state index in [1.165, 1.54) is 16.7 Å². The number of fused-ring (bicyclic) bond motifs is 1. The van der Waals surface area contributed by atoms with Crippen LogP contribution in [0, 0.1) is 0 Å². The summed E-state index contributed by atoms with van der Waals surface area (Å²) in [5.74, 6) is 0.109. The molecule has 1 amide bonds. The summed E-state index contributed by atoms with van der Waals surface area (Å²) in [6.07, 6.45) is 1.42. The zero-order chi connectivity index (χ0) is 27.4. The first-order valence-corrected chi connectivity index (χ1v) is 14.4. The van der Waals surface area contributed by atoms with E-state index in [1.54, 1.807) is 0 Å². The molecule has 204 valence electrons. The van der Waals surface area contributed by atoms with Gasteiger partial charge in [0.1, 0.15) is 6.04 Å². The second kappa shape index (κ2) is 12.6. The van der Waals surface area contributed by atoms with Gasteiger partial charge in [-0.15, -0.1) is 0 Å². The first-order chi connectivity index (χ1) is 18.9. The Morgan fingerprint density at radius 2 is 1.69 bits per heavy atom. The largest absolute Gasteiger partial charge is 0.376 e. The van der Waals surface area contributed by atoms with Crippen molar-refractivity contribution in [3.63, 3.8) is 0 Å². The lowest BCUT2D eigenvalue weighted by Gasteiger charge is -2.40. The van der Waals surface area contributed by atoms with Gasteiger partial charge in [0.05, 0.1) is 6.04 Å². The number of hydrogen-bond acceptors (Lipinski definition) is 4. The van der Waals surface area contributed by atoms with Crippen LogP contribution < -0.4 is 10.6 Å². The molecule has 2 aliphatic heterocycles. The predicted molar refractivity (Wildman–Crippen MR) is 160 cm³/mol.